The fourth-order valence-corrected chi connectivity index (χ4v) is 4.31. The average molecular weight is 464 g/mol. The van der Waals surface area contributed by atoms with Crippen LogP contribution in [0.1, 0.15) is 53.6 Å². The van der Waals surface area contributed by atoms with Gasteiger partial charge in [0.15, 0.2) is 0 Å². The number of nitrogens with zero attached hydrogens (tertiary/aromatic N) is 3. The van der Waals surface area contributed by atoms with E-state index in [1.54, 1.807) is 6.20 Å². The van der Waals surface area contributed by atoms with Gasteiger partial charge in [-0.05, 0) is 36.1 Å². The molecule has 1 heterocycles. The van der Waals surface area contributed by atoms with Gasteiger partial charge in [0, 0.05) is 37.4 Å². The van der Waals surface area contributed by atoms with Crippen molar-refractivity contribution in [3.8, 4) is 0 Å². The molecule has 1 aliphatic carbocycles. The number of amides is 1. The summed E-state index contributed by atoms with van der Waals surface area (Å²) in [5, 5.41) is 7.00. The molecule has 2 aromatic carbocycles. The van der Waals surface area contributed by atoms with E-state index in [0.717, 1.165) is 24.0 Å². The first-order valence-electron chi connectivity index (χ1n) is 11.5. The van der Waals surface area contributed by atoms with Crippen LogP contribution < -0.4 is 15.5 Å². The molecule has 0 saturated heterocycles. The topological polar surface area (TPSA) is 70.2 Å². The minimum atomic E-state index is -0.166. The van der Waals surface area contributed by atoms with Crippen molar-refractivity contribution in [2.75, 3.05) is 17.3 Å². The number of carbonyl (C=O) groups is 1. The third-order valence-corrected chi connectivity index (χ3v) is 6.38. The van der Waals surface area contributed by atoms with Crippen molar-refractivity contribution in [2.45, 2.75) is 51.2 Å². The molecule has 4 rings (SSSR count). The van der Waals surface area contributed by atoms with E-state index >= 15 is 0 Å². The van der Waals surface area contributed by atoms with Gasteiger partial charge in [0.05, 0.1) is 0 Å². The van der Waals surface area contributed by atoms with Crippen molar-refractivity contribution < 1.29 is 4.79 Å². The SMILES string of the molecule is CN(c1nc(NCc2ccc(Cl)cc2)ncc1C(=O)NCc1ccccc1)C1CCCCC1. The Labute approximate surface area is 200 Å². The molecule has 1 amide bonds. The fraction of sp³-hybridized carbons (Fsp3) is 0.346. The number of carbonyl (C=O) groups excluding carboxylic acids is 1. The highest BCUT2D eigenvalue weighted by Gasteiger charge is 2.24. The number of aromatic nitrogens is 2. The molecule has 33 heavy (non-hydrogen) atoms. The molecule has 2 N–H and O–H groups in total. The van der Waals surface area contributed by atoms with E-state index in [1.165, 1.54) is 19.3 Å². The maximum Gasteiger partial charge on any atom is 0.256 e. The van der Waals surface area contributed by atoms with E-state index in [9.17, 15) is 4.79 Å². The van der Waals surface area contributed by atoms with Gasteiger partial charge in [-0.2, -0.15) is 4.98 Å². The second-order valence-electron chi connectivity index (χ2n) is 8.48. The second kappa shape index (κ2) is 11.1. The summed E-state index contributed by atoms with van der Waals surface area (Å²) in [6.07, 6.45) is 7.53. The van der Waals surface area contributed by atoms with Crippen molar-refractivity contribution in [3.05, 3.63) is 82.5 Å². The van der Waals surface area contributed by atoms with E-state index in [4.69, 9.17) is 16.6 Å². The highest BCUT2D eigenvalue weighted by atomic mass is 35.5. The first-order valence-corrected chi connectivity index (χ1v) is 11.9. The third kappa shape index (κ3) is 6.23. The Kier molecular flexibility index (Phi) is 7.79. The molecule has 6 nitrogen and oxygen atoms in total. The summed E-state index contributed by atoms with van der Waals surface area (Å²) in [6, 6.07) is 17.9. The molecular weight excluding hydrogens is 434 g/mol. The van der Waals surface area contributed by atoms with Crippen LogP contribution in [0.4, 0.5) is 11.8 Å². The number of rotatable bonds is 8. The molecule has 1 aromatic heterocycles. The van der Waals surface area contributed by atoms with Crippen LogP contribution in [0.5, 0.6) is 0 Å². The normalized spacial score (nSPS) is 14.0. The van der Waals surface area contributed by atoms with Crippen LogP contribution in [0.2, 0.25) is 5.02 Å². The number of hydrogen-bond acceptors (Lipinski definition) is 5. The highest BCUT2D eigenvalue weighted by Crippen LogP contribution is 2.28. The van der Waals surface area contributed by atoms with Crippen LogP contribution in [0.15, 0.2) is 60.8 Å². The van der Waals surface area contributed by atoms with Gasteiger partial charge in [-0.3, -0.25) is 4.79 Å². The summed E-state index contributed by atoms with van der Waals surface area (Å²) in [5.74, 6) is 1.00. The predicted octanol–water partition coefficient (Wildman–Crippen LogP) is 5.44. The zero-order valence-electron chi connectivity index (χ0n) is 18.9. The van der Waals surface area contributed by atoms with Gasteiger partial charge in [0.25, 0.3) is 5.91 Å². The van der Waals surface area contributed by atoms with Gasteiger partial charge in [-0.15, -0.1) is 0 Å². The molecule has 1 fully saturated rings. The van der Waals surface area contributed by atoms with Gasteiger partial charge < -0.3 is 15.5 Å². The van der Waals surface area contributed by atoms with Gasteiger partial charge in [0.1, 0.15) is 11.4 Å². The van der Waals surface area contributed by atoms with Crippen molar-refractivity contribution in [3.63, 3.8) is 0 Å². The Bertz CT molecular complexity index is 1050. The lowest BCUT2D eigenvalue weighted by Gasteiger charge is -2.33. The van der Waals surface area contributed by atoms with Gasteiger partial charge in [0.2, 0.25) is 5.95 Å². The first kappa shape index (κ1) is 23.1. The van der Waals surface area contributed by atoms with Gasteiger partial charge >= 0.3 is 0 Å². The number of hydrogen-bond donors (Lipinski definition) is 2. The zero-order valence-corrected chi connectivity index (χ0v) is 19.7. The summed E-state index contributed by atoms with van der Waals surface area (Å²) in [4.78, 5) is 24.5. The van der Waals surface area contributed by atoms with E-state index in [-0.39, 0.29) is 5.91 Å². The monoisotopic (exact) mass is 463 g/mol. The first-order chi connectivity index (χ1) is 16.1. The van der Waals surface area contributed by atoms with Crippen LogP contribution in [0.3, 0.4) is 0 Å². The number of halogens is 1. The highest BCUT2D eigenvalue weighted by molar-refractivity contribution is 6.30. The minimum Gasteiger partial charge on any atom is -0.356 e. The maximum absolute atomic E-state index is 13.1. The lowest BCUT2D eigenvalue weighted by Crippen LogP contribution is -2.36. The molecule has 0 radical (unpaired) electrons. The van der Waals surface area contributed by atoms with Crippen LogP contribution in [-0.4, -0.2) is 29.0 Å². The third-order valence-electron chi connectivity index (χ3n) is 6.13. The average Bonchev–Trinajstić information content (AvgIpc) is 2.87. The van der Waals surface area contributed by atoms with Crippen molar-refractivity contribution in [1.82, 2.24) is 15.3 Å². The molecule has 0 unspecified atom stereocenters. The van der Waals surface area contributed by atoms with Crippen molar-refractivity contribution >= 4 is 29.3 Å². The molecule has 0 bridgehead atoms. The van der Waals surface area contributed by atoms with E-state index < -0.39 is 0 Å². The van der Waals surface area contributed by atoms with Crippen LogP contribution in [-0.2, 0) is 13.1 Å². The molecule has 1 aliphatic rings. The number of anilines is 2. The van der Waals surface area contributed by atoms with Gasteiger partial charge in [-0.1, -0.05) is 73.3 Å². The Hall–Kier alpha value is -3.12. The maximum atomic E-state index is 13.1. The lowest BCUT2D eigenvalue weighted by atomic mass is 9.94. The molecule has 0 atom stereocenters. The Morgan fingerprint density at radius 2 is 1.70 bits per heavy atom. The van der Waals surface area contributed by atoms with E-state index in [1.807, 2.05) is 61.6 Å². The second-order valence-corrected chi connectivity index (χ2v) is 8.92. The smallest absolute Gasteiger partial charge is 0.256 e. The van der Waals surface area contributed by atoms with E-state index in [0.29, 0.717) is 41.5 Å². The lowest BCUT2D eigenvalue weighted by molar-refractivity contribution is 0.0950. The standard InChI is InChI=1S/C26H30ClN5O/c1-32(22-10-6-3-7-11-22)24-23(25(33)28-16-19-8-4-2-5-9-19)18-30-26(31-24)29-17-20-12-14-21(27)15-13-20/h2,4-5,8-9,12-15,18,22H,3,6-7,10-11,16-17H2,1H3,(H,28,33)(H,29,30,31). The quantitative estimate of drug-likeness (QED) is 0.465. The summed E-state index contributed by atoms with van der Waals surface area (Å²) in [7, 11) is 2.04. The van der Waals surface area contributed by atoms with Crippen LogP contribution in [0, 0.1) is 0 Å². The van der Waals surface area contributed by atoms with Gasteiger partial charge in [-0.25, -0.2) is 4.98 Å². The largest absolute Gasteiger partial charge is 0.356 e. The molecule has 0 aliphatic heterocycles. The fourth-order valence-electron chi connectivity index (χ4n) is 4.19. The Balaban J connectivity index is 1.53. The Morgan fingerprint density at radius 3 is 2.42 bits per heavy atom. The number of benzene rings is 2. The predicted molar refractivity (Wildman–Crippen MR) is 134 cm³/mol. The van der Waals surface area contributed by atoms with Crippen LogP contribution in [0.25, 0.3) is 0 Å². The summed E-state index contributed by atoms with van der Waals surface area (Å²) >= 11 is 5.98. The number of nitrogens with one attached hydrogen (secondary N) is 2. The molecular formula is C26H30ClN5O. The van der Waals surface area contributed by atoms with Crippen molar-refractivity contribution in [1.29, 1.82) is 0 Å². The van der Waals surface area contributed by atoms with Crippen molar-refractivity contribution in [2.24, 2.45) is 0 Å². The summed E-state index contributed by atoms with van der Waals surface area (Å²) < 4.78 is 0. The van der Waals surface area contributed by atoms with E-state index in [2.05, 4.69) is 20.5 Å². The molecule has 172 valence electrons. The zero-order chi connectivity index (χ0) is 23.0. The minimum absolute atomic E-state index is 0.166. The molecule has 0 spiro atoms. The van der Waals surface area contributed by atoms with Crippen LogP contribution >= 0.6 is 11.6 Å². The molecule has 1 saturated carbocycles. The molecule has 7 heteroatoms. The summed E-state index contributed by atoms with van der Waals surface area (Å²) in [5.41, 5.74) is 2.63. The summed E-state index contributed by atoms with van der Waals surface area (Å²) in [6.45, 7) is 1.03. The Morgan fingerprint density at radius 1 is 1.00 bits per heavy atom. The molecule has 3 aromatic rings.